The van der Waals surface area contributed by atoms with Gasteiger partial charge >= 0.3 is 0 Å². The van der Waals surface area contributed by atoms with Crippen LogP contribution in [0.3, 0.4) is 0 Å². The molecule has 0 amide bonds. The molecule has 146 valence electrons. The average molecular weight is 406 g/mol. The number of nitrogens with zero attached hydrogens (tertiary/aromatic N) is 3. The summed E-state index contributed by atoms with van der Waals surface area (Å²) in [4.78, 5) is 16.2. The van der Waals surface area contributed by atoms with Gasteiger partial charge in [-0.3, -0.25) is 9.36 Å². The largest absolute Gasteiger partial charge is 0.358 e. The van der Waals surface area contributed by atoms with Crippen LogP contribution in [0.5, 0.6) is 0 Å². The lowest BCUT2D eigenvalue weighted by Gasteiger charge is -2.08. The van der Waals surface area contributed by atoms with Gasteiger partial charge in [0.15, 0.2) is 16.8 Å². The third kappa shape index (κ3) is 3.73. The Morgan fingerprint density at radius 3 is 2.72 bits per heavy atom. The van der Waals surface area contributed by atoms with Crippen molar-refractivity contribution in [2.45, 2.75) is 18.6 Å². The number of rotatable bonds is 7. The van der Waals surface area contributed by atoms with E-state index in [1.54, 1.807) is 18.2 Å². The van der Waals surface area contributed by atoms with E-state index in [2.05, 4.69) is 21.8 Å². The Morgan fingerprint density at radius 2 is 1.97 bits per heavy atom. The lowest BCUT2D eigenvalue weighted by atomic mass is 10.1. The molecule has 0 fully saturated rings. The highest BCUT2D eigenvalue weighted by atomic mass is 32.2. The summed E-state index contributed by atoms with van der Waals surface area (Å²) in [5.41, 5.74) is 3.27. The van der Waals surface area contributed by atoms with Gasteiger partial charge in [-0.25, -0.2) is 4.39 Å². The topological polar surface area (TPSA) is 63.6 Å². The van der Waals surface area contributed by atoms with Crippen molar-refractivity contribution in [1.82, 2.24) is 19.7 Å². The maximum Gasteiger partial charge on any atom is 0.192 e. The van der Waals surface area contributed by atoms with Crippen LogP contribution in [0.1, 0.15) is 16.1 Å². The number of thioether (sulfide) groups is 1. The Labute approximate surface area is 171 Å². The van der Waals surface area contributed by atoms with Crippen LogP contribution in [0, 0.1) is 12.7 Å². The second-order valence-corrected chi connectivity index (χ2v) is 7.54. The van der Waals surface area contributed by atoms with Crippen LogP contribution in [0.4, 0.5) is 4.39 Å². The number of ketones is 1. The maximum atomic E-state index is 13.2. The minimum atomic E-state index is -0.308. The molecule has 4 rings (SSSR count). The van der Waals surface area contributed by atoms with Crippen LogP contribution in [0.2, 0.25) is 0 Å². The molecule has 0 saturated carbocycles. The minimum absolute atomic E-state index is 0.0291. The van der Waals surface area contributed by atoms with Crippen molar-refractivity contribution < 1.29 is 9.18 Å². The molecule has 7 heteroatoms. The predicted octanol–water partition coefficient (Wildman–Crippen LogP) is 5.03. The molecular weight excluding hydrogens is 387 g/mol. The normalized spacial score (nSPS) is 11.1. The maximum absolute atomic E-state index is 13.2. The fraction of sp³-hybridized carbons (Fsp3) is 0.136. The number of benzene rings is 2. The van der Waals surface area contributed by atoms with Gasteiger partial charge < -0.3 is 4.98 Å². The predicted molar refractivity (Wildman–Crippen MR) is 114 cm³/mol. The van der Waals surface area contributed by atoms with E-state index in [0.29, 0.717) is 23.1 Å². The first-order valence-corrected chi connectivity index (χ1v) is 10.1. The standard InChI is InChI=1S/C22H19FN4OS/c1-3-12-27-21(15-8-10-16(23)11-9-15)25-26-22(27)29-13-19(28)20-14(2)24-18-7-5-4-6-17(18)20/h3-11,24H,1,12-13H2,2H3. The Balaban J connectivity index is 1.59. The monoisotopic (exact) mass is 406 g/mol. The van der Waals surface area contributed by atoms with Crippen molar-refractivity contribution in [2.24, 2.45) is 0 Å². The second kappa shape index (κ2) is 8.05. The number of nitrogens with one attached hydrogen (secondary N) is 1. The molecule has 0 unspecified atom stereocenters. The number of hydrogen-bond donors (Lipinski definition) is 1. The number of carbonyl (C=O) groups is 1. The zero-order valence-electron chi connectivity index (χ0n) is 15.9. The summed E-state index contributed by atoms with van der Waals surface area (Å²) in [6.45, 7) is 6.19. The Hall–Kier alpha value is -3.19. The molecule has 5 nitrogen and oxygen atoms in total. The highest BCUT2D eigenvalue weighted by molar-refractivity contribution is 7.99. The first-order valence-electron chi connectivity index (χ1n) is 9.12. The zero-order chi connectivity index (χ0) is 20.4. The van der Waals surface area contributed by atoms with Crippen LogP contribution >= 0.6 is 11.8 Å². The molecule has 2 aromatic heterocycles. The number of halogens is 1. The van der Waals surface area contributed by atoms with Crippen molar-refractivity contribution in [2.75, 3.05) is 5.75 Å². The van der Waals surface area contributed by atoms with Gasteiger partial charge in [-0.05, 0) is 37.3 Å². The van der Waals surface area contributed by atoms with Gasteiger partial charge in [0, 0.05) is 34.3 Å². The SMILES string of the molecule is C=CCn1c(SCC(=O)c2c(C)[nH]c3ccccc23)nnc1-c1ccc(F)cc1. The molecule has 0 aliphatic rings. The summed E-state index contributed by atoms with van der Waals surface area (Å²) < 4.78 is 15.1. The van der Waals surface area contributed by atoms with E-state index in [1.165, 1.54) is 23.9 Å². The number of allylic oxidation sites excluding steroid dienone is 1. The smallest absolute Gasteiger partial charge is 0.192 e. The summed E-state index contributed by atoms with van der Waals surface area (Å²) in [6, 6.07) is 13.9. The van der Waals surface area contributed by atoms with E-state index in [4.69, 9.17) is 0 Å². The van der Waals surface area contributed by atoms with E-state index in [1.807, 2.05) is 35.8 Å². The fourth-order valence-corrected chi connectivity index (χ4v) is 4.16. The van der Waals surface area contributed by atoms with Crippen LogP contribution in [-0.2, 0) is 6.54 Å². The molecule has 0 radical (unpaired) electrons. The molecular formula is C22H19FN4OS. The molecule has 1 N–H and O–H groups in total. The molecule has 29 heavy (non-hydrogen) atoms. The summed E-state index contributed by atoms with van der Waals surface area (Å²) in [7, 11) is 0. The van der Waals surface area contributed by atoms with Crippen molar-refractivity contribution >= 4 is 28.4 Å². The first kappa shape index (κ1) is 19.1. The van der Waals surface area contributed by atoms with Gasteiger partial charge in [-0.1, -0.05) is 36.0 Å². The molecule has 0 spiro atoms. The molecule has 0 atom stereocenters. The number of Topliss-reactive ketones (excluding diaryl/α,β-unsaturated/α-hetero) is 1. The van der Waals surface area contributed by atoms with E-state index in [0.717, 1.165) is 22.2 Å². The number of H-pyrrole nitrogens is 1. The Bertz CT molecular complexity index is 1190. The van der Waals surface area contributed by atoms with E-state index < -0.39 is 0 Å². The highest BCUT2D eigenvalue weighted by Gasteiger charge is 2.19. The Morgan fingerprint density at radius 1 is 1.21 bits per heavy atom. The van der Waals surface area contributed by atoms with E-state index in [-0.39, 0.29) is 17.4 Å². The van der Waals surface area contributed by atoms with Crippen molar-refractivity contribution in [3.8, 4) is 11.4 Å². The zero-order valence-corrected chi connectivity index (χ0v) is 16.7. The minimum Gasteiger partial charge on any atom is -0.358 e. The van der Waals surface area contributed by atoms with Crippen LogP contribution in [0.15, 0.2) is 66.3 Å². The third-order valence-electron chi connectivity index (χ3n) is 4.64. The summed E-state index contributed by atoms with van der Waals surface area (Å²) in [5.74, 6) is 0.573. The number of aryl methyl sites for hydroxylation is 1. The van der Waals surface area contributed by atoms with Gasteiger partial charge in [0.05, 0.1) is 5.75 Å². The number of aromatic nitrogens is 4. The van der Waals surface area contributed by atoms with Gasteiger partial charge in [-0.2, -0.15) is 0 Å². The highest BCUT2D eigenvalue weighted by Crippen LogP contribution is 2.27. The lowest BCUT2D eigenvalue weighted by molar-refractivity contribution is 0.102. The molecule has 2 heterocycles. The first-order chi connectivity index (χ1) is 14.1. The quantitative estimate of drug-likeness (QED) is 0.265. The molecule has 4 aromatic rings. The third-order valence-corrected chi connectivity index (χ3v) is 5.60. The average Bonchev–Trinajstić information content (AvgIpc) is 3.27. The van der Waals surface area contributed by atoms with Gasteiger partial charge in [0.25, 0.3) is 0 Å². The van der Waals surface area contributed by atoms with Gasteiger partial charge in [-0.15, -0.1) is 16.8 Å². The number of hydrogen-bond acceptors (Lipinski definition) is 4. The molecule has 0 bridgehead atoms. The van der Waals surface area contributed by atoms with Gasteiger partial charge in [0.1, 0.15) is 5.82 Å². The van der Waals surface area contributed by atoms with Crippen LogP contribution in [0.25, 0.3) is 22.3 Å². The van der Waals surface area contributed by atoms with Crippen molar-refractivity contribution in [3.05, 3.63) is 78.3 Å². The molecule has 0 aliphatic heterocycles. The van der Waals surface area contributed by atoms with Crippen LogP contribution < -0.4 is 0 Å². The summed E-state index contributed by atoms with van der Waals surface area (Å²) in [6.07, 6.45) is 1.74. The number of para-hydroxylation sites is 1. The van der Waals surface area contributed by atoms with Crippen molar-refractivity contribution in [1.29, 1.82) is 0 Å². The summed E-state index contributed by atoms with van der Waals surface area (Å²) in [5, 5.41) is 10.0. The molecule has 0 aliphatic carbocycles. The summed E-state index contributed by atoms with van der Waals surface area (Å²) >= 11 is 1.33. The number of fused-ring (bicyclic) bond motifs is 1. The van der Waals surface area contributed by atoms with E-state index in [9.17, 15) is 9.18 Å². The molecule has 2 aromatic carbocycles. The number of carbonyl (C=O) groups excluding carboxylic acids is 1. The lowest BCUT2D eigenvalue weighted by Crippen LogP contribution is -2.06. The van der Waals surface area contributed by atoms with Crippen molar-refractivity contribution in [3.63, 3.8) is 0 Å². The van der Waals surface area contributed by atoms with Gasteiger partial charge in [0.2, 0.25) is 0 Å². The van der Waals surface area contributed by atoms with Crippen LogP contribution in [-0.4, -0.2) is 31.3 Å². The molecule has 0 saturated heterocycles. The second-order valence-electron chi connectivity index (χ2n) is 6.59. The number of aromatic amines is 1. The Kier molecular flexibility index (Phi) is 5.31. The fourth-order valence-electron chi connectivity index (χ4n) is 3.34. The van der Waals surface area contributed by atoms with E-state index >= 15 is 0 Å².